The summed E-state index contributed by atoms with van der Waals surface area (Å²) in [5.41, 5.74) is 1.35. The van der Waals surface area contributed by atoms with Crippen LogP contribution in [-0.2, 0) is 0 Å². The van der Waals surface area contributed by atoms with Crippen molar-refractivity contribution >= 4 is 34.2 Å². The zero-order chi connectivity index (χ0) is 13.2. The monoisotopic (exact) mass is 271 g/mol. The van der Waals surface area contributed by atoms with E-state index in [1.807, 2.05) is 18.2 Å². The Morgan fingerprint density at radius 1 is 1.21 bits per heavy atom. The highest BCUT2D eigenvalue weighted by Gasteiger charge is 2.10. The number of H-pyrrole nitrogens is 1. The van der Waals surface area contributed by atoms with Crippen LogP contribution in [0.15, 0.2) is 48.7 Å². The number of rotatable bonds is 2. The second-order valence-electron chi connectivity index (χ2n) is 4.08. The number of aromatic amines is 1. The molecule has 0 fully saturated rings. The Balaban J connectivity index is 1.89. The molecule has 3 aromatic rings. The topological polar surface area (TPSA) is 57.8 Å². The predicted molar refractivity (Wildman–Crippen MR) is 75.5 cm³/mol. The third kappa shape index (κ3) is 2.44. The van der Waals surface area contributed by atoms with Gasteiger partial charge in [-0.15, -0.1) is 0 Å². The molecule has 0 spiro atoms. The molecule has 2 N–H and O–H groups in total. The molecule has 94 valence electrons. The maximum Gasteiger partial charge on any atom is 0.273 e. The molecule has 19 heavy (non-hydrogen) atoms. The normalized spacial score (nSPS) is 10.6. The summed E-state index contributed by atoms with van der Waals surface area (Å²) < 4.78 is 0. The Morgan fingerprint density at radius 3 is 2.89 bits per heavy atom. The third-order valence-electron chi connectivity index (χ3n) is 2.73. The lowest BCUT2D eigenvalue weighted by Crippen LogP contribution is -2.12. The van der Waals surface area contributed by atoms with Crippen molar-refractivity contribution in [2.75, 3.05) is 5.32 Å². The first-order valence-corrected chi connectivity index (χ1v) is 6.11. The summed E-state index contributed by atoms with van der Waals surface area (Å²) >= 11 is 5.91. The van der Waals surface area contributed by atoms with Crippen molar-refractivity contribution in [1.82, 2.24) is 9.97 Å². The highest BCUT2D eigenvalue weighted by Crippen LogP contribution is 2.20. The predicted octanol–water partition coefficient (Wildman–Crippen LogP) is 3.47. The molecule has 0 unspecified atom stereocenters. The van der Waals surface area contributed by atoms with Crippen molar-refractivity contribution in [3.05, 3.63) is 59.4 Å². The molecule has 0 aliphatic carbocycles. The van der Waals surface area contributed by atoms with Gasteiger partial charge in [0, 0.05) is 22.1 Å². The van der Waals surface area contributed by atoms with E-state index in [0.29, 0.717) is 16.5 Å². The van der Waals surface area contributed by atoms with E-state index in [2.05, 4.69) is 15.3 Å². The molecule has 0 radical (unpaired) electrons. The summed E-state index contributed by atoms with van der Waals surface area (Å²) in [6.45, 7) is 0. The van der Waals surface area contributed by atoms with Crippen molar-refractivity contribution in [2.45, 2.75) is 0 Å². The van der Waals surface area contributed by atoms with Crippen LogP contribution in [-0.4, -0.2) is 15.9 Å². The Labute approximate surface area is 114 Å². The zero-order valence-corrected chi connectivity index (χ0v) is 10.6. The number of benzene rings is 1. The van der Waals surface area contributed by atoms with Gasteiger partial charge in [-0.1, -0.05) is 17.7 Å². The summed E-state index contributed by atoms with van der Waals surface area (Å²) in [7, 11) is 0. The molecule has 1 aromatic carbocycles. The summed E-state index contributed by atoms with van der Waals surface area (Å²) in [6.07, 6.45) is 1.63. The number of anilines is 1. The average Bonchev–Trinajstić information content (AvgIpc) is 2.83. The van der Waals surface area contributed by atoms with Gasteiger partial charge in [0.15, 0.2) is 0 Å². The number of nitrogens with one attached hydrogen (secondary N) is 2. The lowest BCUT2D eigenvalue weighted by Gasteiger charge is -2.01. The molecular weight excluding hydrogens is 262 g/mol. The first-order chi connectivity index (χ1) is 9.22. The Hall–Kier alpha value is -2.33. The van der Waals surface area contributed by atoms with Gasteiger partial charge >= 0.3 is 0 Å². The standard InChI is InChI=1S/C14H10ClN3O/c15-10-4-5-11-9(7-10)8-12(17-11)14(19)18-13-3-1-2-6-16-13/h1-8,17H,(H,16,18,19). The average molecular weight is 272 g/mol. The van der Waals surface area contributed by atoms with E-state index >= 15 is 0 Å². The minimum absolute atomic E-state index is 0.231. The Bertz CT molecular complexity index is 737. The van der Waals surface area contributed by atoms with Gasteiger partial charge in [-0.2, -0.15) is 0 Å². The fourth-order valence-electron chi connectivity index (χ4n) is 1.85. The van der Waals surface area contributed by atoms with Crippen LogP contribution < -0.4 is 5.32 Å². The van der Waals surface area contributed by atoms with Gasteiger partial charge in [0.2, 0.25) is 0 Å². The van der Waals surface area contributed by atoms with E-state index in [1.54, 1.807) is 30.5 Å². The fourth-order valence-corrected chi connectivity index (χ4v) is 2.03. The number of nitrogens with zero attached hydrogens (tertiary/aromatic N) is 1. The van der Waals surface area contributed by atoms with Gasteiger partial charge in [-0.3, -0.25) is 4.79 Å². The summed E-state index contributed by atoms with van der Waals surface area (Å²) in [4.78, 5) is 19.1. The van der Waals surface area contributed by atoms with Crippen LogP contribution in [0.5, 0.6) is 0 Å². The van der Waals surface area contributed by atoms with Gasteiger partial charge < -0.3 is 10.3 Å². The molecule has 0 aliphatic rings. The van der Waals surface area contributed by atoms with Gasteiger partial charge in [0.25, 0.3) is 5.91 Å². The van der Waals surface area contributed by atoms with Gasteiger partial charge in [-0.05, 0) is 36.4 Å². The van der Waals surface area contributed by atoms with Crippen molar-refractivity contribution in [3.8, 4) is 0 Å². The highest BCUT2D eigenvalue weighted by molar-refractivity contribution is 6.31. The van der Waals surface area contributed by atoms with Gasteiger partial charge in [-0.25, -0.2) is 4.98 Å². The number of hydrogen-bond donors (Lipinski definition) is 2. The number of pyridine rings is 1. The van der Waals surface area contributed by atoms with Crippen LogP contribution in [0.4, 0.5) is 5.82 Å². The van der Waals surface area contributed by atoms with Crippen LogP contribution in [0, 0.1) is 0 Å². The van der Waals surface area contributed by atoms with Crippen molar-refractivity contribution in [2.24, 2.45) is 0 Å². The van der Waals surface area contributed by atoms with Crippen molar-refractivity contribution in [3.63, 3.8) is 0 Å². The molecule has 4 nitrogen and oxygen atoms in total. The van der Waals surface area contributed by atoms with Gasteiger partial charge in [0.1, 0.15) is 11.5 Å². The molecule has 2 aromatic heterocycles. The zero-order valence-electron chi connectivity index (χ0n) is 9.85. The Kier molecular flexibility index (Phi) is 2.93. The number of halogens is 1. The van der Waals surface area contributed by atoms with Crippen molar-refractivity contribution in [1.29, 1.82) is 0 Å². The smallest absolute Gasteiger partial charge is 0.273 e. The second kappa shape index (κ2) is 4.74. The lowest BCUT2D eigenvalue weighted by atomic mass is 10.2. The van der Waals surface area contributed by atoms with Gasteiger partial charge in [0.05, 0.1) is 0 Å². The maximum atomic E-state index is 12.1. The summed E-state index contributed by atoms with van der Waals surface area (Å²) in [6, 6.07) is 12.5. The minimum Gasteiger partial charge on any atom is -0.351 e. The molecule has 0 bridgehead atoms. The number of hydrogen-bond acceptors (Lipinski definition) is 2. The Morgan fingerprint density at radius 2 is 2.11 bits per heavy atom. The first-order valence-electron chi connectivity index (χ1n) is 5.73. The fraction of sp³-hybridized carbons (Fsp3) is 0. The summed E-state index contributed by atoms with van der Waals surface area (Å²) in [5, 5.41) is 4.26. The molecule has 3 rings (SSSR count). The molecule has 0 atom stereocenters. The van der Waals surface area contributed by atoms with Crippen LogP contribution in [0.1, 0.15) is 10.5 Å². The van der Waals surface area contributed by atoms with Crippen LogP contribution >= 0.6 is 11.6 Å². The van der Waals surface area contributed by atoms with E-state index in [4.69, 9.17) is 11.6 Å². The molecule has 5 heteroatoms. The number of carbonyl (C=O) groups is 1. The maximum absolute atomic E-state index is 12.1. The highest BCUT2D eigenvalue weighted by atomic mass is 35.5. The largest absolute Gasteiger partial charge is 0.351 e. The van der Waals surface area contributed by atoms with Crippen molar-refractivity contribution < 1.29 is 4.79 Å². The first kappa shape index (κ1) is 11.7. The number of aromatic nitrogens is 2. The van der Waals surface area contributed by atoms with E-state index in [0.717, 1.165) is 10.9 Å². The SMILES string of the molecule is O=C(Nc1ccccn1)c1cc2cc(Cl)ccc2[nH]1. The van der Waals surface area contributed by atoms with Crippen LogP contribution in [0.25, 0.3) is 10.9 Å². The van der Waals surface area contributed by atoms with E-state index in [9.17, 15) is 4.79 Å². The number of amides is 1. The molecule has 0 saturated carbocycles. The summed E-state index contributed by atoms with van der Waals surface area (Å²) in [5.74, 6) is 0.287. The van der Waals surface area contributed by atoms with Crippen LogP contribution in [0.2, 0.25) is 5.02 Å². The third-order valence-corrected chi connectivity index (χ3v) is 2.97. The second-order valence-corrected chi connectivity index (χ2v) is 4.52. The quantitative estimate of drug-likeness (QED) is 0.750. The van der Waals surface area contributed by atoms with E-state index < -0.39 is 0 Å². The number of carbonyl (C=O) groups excluding carboxylic acids is 1. The lowest BCUT2D eigenvalue weighted by molar-refractivity contribution is 0.102. The van der Waals surface area contributed by atoms with E-state index in [-0.39, 0.29) is 5.91 Å². The number of fused-ring (bicyclic) bond motifs is 1. The molecule has 2 heterocycles. The minimum atomic E-state index is -0.231. The molecule has 1 amide bonds. The van der Waals surface area contributed by atoms with E-state index in [1.165, 1.54) is 0 Å². The molecule has 0 saturated heterocycles. The molecule has 0 aliphatic heterocycles. The van der Waals surface area contributed by atoms with Crippen LogP contribution in [0.3, 0.4) is 0 Å². The molecular formula is C14H10ClN3O.